The van der Waals surface area contributed by atoms with Gasteiger partial charge in [-0.05, 0) is 43.5 Å². The average Bonchev–Trinajstić information content (AvgIpc) is 3.05. The third kappa shape index (κ3) is 4.37. The Morgan fingerprint density at radius 3 is 2.30 bits per heavy atom. The Hall–Kier alpha value is -1.76. The van der Waals surface area contributed by atoms with Gasteiger partial charge in [-0.3, -0.25) is 9.10 Å². The monoisotopic (exact) mass is 340 g/mol. The first kappa shape index (κ1) is 17.6. The number of hydrogen-bond donors (Lipinski definition) is 0. The van der Waals surface area contributed by atoms with Crippen LogP contribution in [0.2, 0.25) is 0 Å². The maximum absolute atomic E-state index is 12.4. The lowest BCUT2D eigenvalue weighted by Gasteiger charge is -2.23. The smallest absolute Gasteiger partial charge is 0.263 e. The van der Waals surface area contributed by atoms with Crippen LogP contribution in [0.3, 0.4) is 0 Å². The van der Waals surface area contributed by atoms with E-state index in [2.05, 4.69) is 0 Å². The van der Waals surface area contributed by atoms with Crippen molar-refractivity contribution in [2.75, 3.05) is 30.7 Å². The quantitative estimate of drug-likeness (QED) is 0.793. The van der Waals surface area contributed by atoms with E-state index in [1.54, 1.807) is 24.3 Å². The van der Waals surface area contributed by atoms with Gasteiger partial charge in [0.15, 0.2) is 6.10 Å². The lowest BCUT2D eigenvalue weighted by molar-refractivity contribution is -0.137. The molecule has 1 aliphatic heterocycles. The topological polar surface area (TPSA) is 66.9 Å². The highest BCUT2D eigenvalue weighted by Crippen LogP contribution is 2.22. The molecule has 1 aromatic carbocycles. The zero-order valence-electron chi connectivity index (χ0n) is 13.9. The number of nitrogens with zero attached hydrogens (tertiary/aromatic N) is 2. The Morgan fingerprint density at radius 1 is 1.26 bits per heavy atom. The number of likely N-dealkylation sites (tertiary alicyclic amines) is 1. The molecule has 23 heavy (non-hydrogen) atoms. The third-order valence-electron chi connectivity index (χ3n) is 4.04. The van der Waals surface area contributed by atoms with E-state index in [4.69, 9.17) is 4.74 Å². The minimum absolute atomic E-state index is 0.0299. The molecule has 7 heteroatoms. The van der Waals surface area contributed by atoms with Gasteiger partial charge >= 0.3 is 0 Å². The zero-order valence-corrected chi connectivity index (χ0v) is 14.7. The van der Waals surface area contributed by atoms with Gasteiger partial charge in [0.1, 0.15) is 5.75 Å². The summed E-state index contributed by atoms with van der Waals surface area (Å²) in [4.78, 5) is 14.2. The number of carbonyl (C=O) groups excluding carboxylic acids is 1. The van der Waals surface area contributed by atoms with Crippen molar-refractivity contribution in [2.45, 2.75) is 32.3 Å². The summed E-state index contributed by atoms with van der Waals surface area (Å²) in [6, 6.07) is 6.72. The van der Waals surface area contributed by atoms with Crippen LogP contribution in [-0.4, -0.2) is 51.7 Å². The minimum Gasteiger partial charge on any atom is -0.481 e. The van der Waals surface area contributed by atoms with Crippen LogP contribution >= 0.6 is 0 Å². The van der Waals surface area contributed by atoms with E-state index in [0.717, 1.165) is 32.2 Å². The summed E-state index contributed by atoms with van der Waals surface area (Å²) < 4.78 is 30.0. The van der Waals surface area contributed by atoms with E-state index in [1.165, 1.54) is 11.4 Å². The molecule has 128 valence electrons. The standard InChI is InChI=1S/C16H24N2O4S/c1-4-15(16(19)18-11-5-6-12-18)22-14-9-7-13(8-10-14)17(2)23(3,20)21/h7-10,15H,4-6,11-12H2,1-3H3. The lowest BCUT2D eigenvalue weighted by Crippen LogP contribution is -2.40. The molecule has 1 atom stereocenters. The Balaban J connectivity index is 2.05. The normalized spacial score (nSPS) is 16.2. The molecular formula is C16H24N2O4S. The van der Waals surface area contributed by atoms with Crippen LogP contribution in [-0.2, 0) is 14.8 Å². The molecular weight excluding hydrogens is 316 g/mol. The Bertz CT molecular complexity index is 637. The molecule has 2 rings (SSSR count). The number of rotatable bonds is 6. The number of hydrogen-bond acceptors (Lipinski definition) is 4. The van der Waals surface area contributed by atoms with Gasteiger partial charge in [0.05, 0.1) is 11.9 Å². The van der Waals surface area contributed by atoms with E-state index in [0.29, 0.717) is 17.9 Å². The van der Waals surface area contributed by atoms with Crippen molar-refractivity contribution in [2.24, 2.45) is 0 Å². The van der Waals surface area contributed by atoms with Gasteiger partial charge in [-0.2, -0.15) is 0 Å². The van der Waals surface area contributed by atoms with Gasteiger partial charge in [-0.15, -0.1) is 0 Å². The summed E-state index contributed by atoms with van der Waals surface area (Å²) in [6.07, 6.45) is 3.36. The first-order valence-corrected chi connectivity index (χ1v) is 9.67. The predicted octanol–water partition coefficient (Wildman–Crippen LogP) is 1.86. The summed E-state index contributed by atoms with van der Waals surface area (Å²) in [6.45, 7) is 3.53. The van der Waals surface area contributed by atoms with Crippen molar-refractivity contribution in [1.29, 1.82) is 0 Å². The number of carbonyl (C=O) groups is 1. The molecule has 0 saturated carbocycles. The molecule has 0 N–H and O–H groups in total. The number of anilines is 1. The summed E-state index contributed by atoms with van der Waals surface area (Å²) in [5.74, 6) is 0.595. The van der Waals surface area contributed by atoms with Crippen molar-refractivity contribution in [3.63, 3.8) is 0 Å². The van der Waals surface area contributed by atoms with E-state index >= 15 is 0 Å². The van der Waals surface area contributed by atoms with Crippen molar-refractivity contribution < 1.29 is 17.9 Å². The first-order chi connectivity index (χ1) is 10.8. The molecule has 1 amide bonds. The Labute approximate surface area is 138 Å². The molecule has 0 radical (unpaired) electrons. The summed E-state index contributed by atoms with van der Waals surface area (Å²) in [5, 5.41) is 0. The van der Waals surface area contributed by atoms with Crippen LogP contribution < -0.4 is 9.04 Å². The van der Waals surface area contributed by atoms with Gasteiger partial charge in [-0.25, -0.2) is 8.42 Å². The zero-order chi connectivity index (χ0) is 17.0. The molecule has 1 saturated heterocycles. The molecule has 1 aromatic rings. The fourth-order valence-electron chi connectivity index (χ4n) is 2.54. The summed E-state index contributed by atoms with van der Waals surface area (Å²) in [7, 11) is -1.79. The molecule has 0 spiro atoms. The highest BCUT2D eigenvalue weighted by atomic mass is 32.2. The molecule has 0 bridgehead atoms. The maximum Gasteiger partial charge on any atom is 0.263 e. The van der Waals surface area contributed by atoms with Gasteiger partial charge in [-0.1, -0.05) is 6.92 Å². The van der Waals surface area contributed by atoms with Gasteiger partial charge in [0, 0.05) is 20.1 Å². The maximum atomic E-state index is 12.4. The molecule has 6 nitrogen and oxygen atoms in total. The lowest BCUT2D eigenvalue weighted by atomic mass is 10.2. The number of ether oxygens (including phenoxy) is 1. The average molecular weight is 340 g/mol. The SMILES string of the molecule is CCC(Oc1ccc(N(C)S(C)(=O)=O)cc1)C(=O)N1CCCC1. The summed E-state index contributed by atoms with van der Waals surface area (Å²) >= 11 is 0. The third-order valence-corrected chi connectivity index (χ3v) is 5.25. The second-order valence-corrected chi connectivity index (χ2v) is 7.79. The van der Waals surface area contributed by atoms with Crippen LogP contribution in [0.15, 0.2) is 24.3 Å². The van der Waals surface area contributed by atoms with Crippen LogP contribution in [0, 0.1) is 0 Å². The van der Waals surface area contributed by atoms with E-state index in [9.17, 15) is 13.2 Å². The number of amides is 1. The Morgan fingerprint density at radius 2 is 1.83 bits per heavy atom. The number of benzene rings is 1. The van der Waals surface area contributed by atoms with Gasteiger partial charge in [0.25, 0.3) is 5.91 Å². The molecule has 1 heterocycles. The molecule has 1 aliphatic rings. The molecule has 0 aromatic heterocycles. The molecule has 0 aliphatic carbocycles. The van der Waals surface area contributed by atoms with E-state index in [1.807, 2.05) is 11.8 Å². The van der Waals surface area contributed by atoms with Crippen molar-refractivity contribution >= 4 is 21.6 Å². The molecule has 1 fully saturated rings. The van der Waals surface area contributed by atoms with Crippen molar-refractivity contribution in [3.05, 3.63) is 24.3 Å². The van der Waals surface area contributed by atoms with Crippen molar-refractivity contribution in [3.8, 4) is 5.75 Å². The highest BCUT2D eigenvalue weighted by Gasteiger charge is 2.26. The van der Waals surface area contributed by atoms with Gasteiger partial charge in [0.2, 0.25) is 10.0 Å². The van der Waals surface area contributed by atoms with Crippen LogP contribution in [0.25, 0.3) is 0 Å². The fourth-order valence-corrected chi connectivity index (χ4v) is 3.04. The first-order valence-electron chi connectivity index (χ1n) is 7.82. The fraction of sp³-hybridized carbons (Fsp3) is 0.562. The molecule has 1 unspecified atom stereocenters. The predicted molar refractivity (Wildman–Crippen MR) is 90.2 cm³/mol. The van der Waals surface area contributed by atoms with E-state index in [-0.39, 0.29) is 5.91 Å². The second kappa shape index (κ2) is 7.21. The summed E-state index contributed by atoms with van der Waals surface area (Å²) in [5.41, 5.74) is 0.554. The van der Waals surface area contributed by atoms with Crippen molar-refractivity contribution in [1.82, 2.24) is 4.90 Å². The Kier molecular flexibility index (Phi) is 5.51. The second-order valence-electron chi connectivity index (χ2n) is 5.77. The number of sulfonamides is 1. The van der Waals surface area contributed by atoms with Crippen LogP contribution in [0.4, 0.5) is 5.69 Å². The highest BCUT2D eigenvalue weighted by molar-refractivity contribution is 7.92. The van der Waals surface area contributed by atoms with Gasteiger partial charge < -0.3 is 9.64 Å². The largest absolute Gasteiger partial charge is 0.481 e. The minimum atomic E-state index is -3.29. The van der Waals surface area contributed by atoms with Crippen LogP contribution in [0.1, 0.15) is 26.2 Å². The van der Waals surface area contributed by atoms with Crippen LogP contribution in [0.5, 0.6) is 5.75 Å². The van der Waals surface area contributed by atoms with E-state index < -0.39 is 16.1 Å².